The van der Waals surface area contributed by atoms with Crippen molar-refractivity contribution in [1.82, 2.24) is 25.1 Å². The van der Waals surface area contributed by atoms with Crippen molar-refractivity contribution >= 4 is 82.1 Å². The van der Waals surface area contributed by atoms with Gasteiger partial charge in [0.1, 0.15) is 5.69 Å². The number of thiophene rings is 1. The average molecular weight is 622 g/mol. The Labute approximate surface area is 252 Å². The van der Waals surface area contributed by atoms with E-state index in [1.807, 2.05) is 24.3 Å². The maximum absolute atomic E-state index is 12.7. The zero-order valence-electron chi connectivity index (χ0n) is 21.8. The number of piperazine rings is 1. The SMILES string of the molecule is CC1CN(C)CC(C)N1CCCNc1ncc(Cl)c(-c2cc3c(C(=O)NC4CC4)cccc3s2)n1.Cl.Cl.Cl. The minimum Gasteiger partial charge on any atom is -0.354 e. The summed E-state index contributed by atoms with van der Waals surface area (Å²) >= 11 is 8.10. The first-order chi connectivity index (χ1) is 16.9. The van der Waals surface area contributed by atoms with Gasteiger partial charge < -0.3 is 15.5 Å². The lowest BCUT2D eigenvalue weighted by atomic mass is 10.1. The van der Waals surface area contributed by atoms with Crippen molar-refractivity contribution in [2.24, 2.45) is 0 Å². The van der Waals surface area contributed by atoms with E-state index in [1.165, 1.54) is 0 Å². The fraction of sp³-hybridized carbons (Fsp3) is 0.500. The Morgan fingerprint density at radius 3 is 2.55 bits per heavy atom. The van der Waals surface area contributed by atoms with Crippen molar-refractivity contribution in [3.05, 3.63) is 41.0 Å². The predicted octanol–water partition coefficient (Wildman–Crippen LogP) is 6.00. The monoisotopic (exact) mass is 620 g/mol. The fourth-order valence-corrected chi connectivity index (χ4v) is 6.36. The molecule has 2 fully saturated rings. The van der Waals surface area contributed by atoms with Crippen LogP contribution < -0.4 is 10.6 Å². The van der Waals surface area contributed by atoms with E-state index in [4.69, 9.17) is 16.6 Å². The van der Waals surface area contributed by atoms with Crippen molar-refractivity contribution < 1.29 is 4.79 Å². The second kappa shape index (κ2) is 14.3. The number of nitrogens with zero attached hydrogens (tertiary/aromatic N) is 4. The Bertz CT molecular complexity index is 1210. The van der Waals surface area contributed by atoms with Crippen LogP contribution in [-0.2, 0) is 0 Å². The molecule has 0 bridgehead atoms. The molecule has 2 atom stereocenters. The van der Waals surface area contributed by atoms with Crippen LogP contribution in [0.25, 0.3) is 20.7 Å². The smallest absolute Gasteiger partial charge is 0.252 e. The van der Waals surface area contributed by atoms with Gasteiger partial charge >= 0.3 is 0 Å². The number of hydrogen-bond acceptors (Lipinski definition) is 7. The summed E-state index contributed by atoms with van der Waals surface area (Å²) in [4.78, 5) is 27.8. The number of likely N-dealkylation sites (N-methyl/N-ethyl adjacent to an activating group) is 1. The van der Waals surface area contributed by atoms with Crippen LogP contribution in [0.3, 0.4) is 0 Å². The number of benzene rings is 1. The number of rotatable bonds is 8. The van der Waals surface area contributed by atoms with Gasteiger partial charge in [-0.2, -0.15) is 0 Å². The Hall–Kier alpha value is -1.39. The summed E-state index contributed by atoms with van der Waals surface area (Å²) in [6, 6.07) is 9.32. The van der Waals surface area contributed by atoms with Crippen LogP contribution in [0.1, 0.15) is 43.5 Å². The van der Waals surface area contributed by atoms with Crippen molar-refractivity contribution in [2.45, 2.75) is 51.2 Å². The van der Waals surface area contributed by atoms with Gasteiger partial charge in [0.25, 0.3) is 5.91 Å². The van der Waals surface area contributed by atoms with Crippen LogP contribution in [0.15, 0.2) is 30.5 Å². The lowest BCUT2D eigenvalue weighted by Crippen LogP contribution is -2.55. The number of halogens is 4. The zero-order chi connectivity index (χ0) is 24.5. The third kappa shape index (κ3) is 7.62. The summed E-state index contributed by atoms with van der Waals surface area (Å²) in [7, 11) is 2.20. The first kappa shape index (κ1) is 32.8. The molecule has 2 aliphatic rings. The summed E-state index contributed by atoms with van der Waals surface area (Å²) in [5.41, 5.74) is 1.40. The summed E-state index contributed by atoms with van der Waals surface area (Å²) in [6.45, 7) is 8.68. The second-order valence-electron chi connectivity index (χ2n) is 9.90. The van der Waals surface area contributed by atoms with E-state index in [1.54, 1.807) is 17.5 Å². The fourth-order valence-electron chi connectivity index (χ4n) is 5.01. The Balaban J connectivity index is 0.00000169. The molecule has 3 aromatic rings. The Morgan fingerprint density at radius 2 is 1.87 bits per heavy atom. The lowest BCUT2D eigenvalue weighted by molar-refractivity contribution is 0.0523. The standard InChI is InChI=1S/C26H33ClN6OS.3ClH/c1-16-14-32(3)15-17(2)33(16)11-5-10-28-26-29-13-21(27)24(31-26)23-12-20-19(6-4-7-22(20)35-23)25(34)30-18-8-9-18;;;/h4,6-7,12-13,16-18H,5,8-11,14-15H2,1-3H3,(H,30,34)(H,28,29,31);3*1H. The summed E-state index contributed by atoms with van der Waals surface area (Å²) in [5, 5.41) is 7.91. The highest BCUT2D eigenvalue weighted by molar-refractivity contribution is 7.22. The van der Waals surface area contributed by atoms with Crippen molar-refractivity contribution in [3.63, 3.8) is 0 Å². The number of nitrogens with one attached hydrogen (secondary N) is 2. The van der Waals surface area contributed by atoms with Crippen LogP contribution in [0, 0.1) is 0 Å². The van der Waals surface area contributed by atoms with Gasteiger partial charge in [0.2, 0.25) is 5.95 Å². The van der Waals surface area contributed by atoms with E-state index in [2.05, 4.69) is 46.3 Å². The van der Waals surface area contributed by atoms with Crippen LogP contribution >= 0.6 is 60.2 Å². The van der Waals surface area contributed by atoms with Gasteiger partial charge in [0, 0.05) is 60.0 Å². The van der Waals surface area contributed by atoms with Gasteiger partial charge in [0.05, 0.1) is 16.1 Å². The molecule has 7 nitrogen and oxygen atoms in total. The lowest BCUT2D eigenvalue weighted by Gasteiger charge is -2.43. The molecule has 2 unspecified atom stereocenters. The first-order valence-corrected chi connectivity index (χ1v) is 13.6. The van der Waals surface area contributed by atoms with Crippen molar-refractivity contribution in [3.8, 4) is 10.6 Å². The second-order valence-corrected chi connectivity index (χ2v) is 11.4. The highest BCUT2D eigenvalue weighted by atomic mass is 35.5. The van der Waals surface area contributed by atoms with E-state index >= 15 is 0 Å². The normalized spacial score (nSPS) is 19.7. The summed E-state index contributed by atoms with van der Waals surface area (Å²) in [6.07, 6.45) is 4.80. The number of carbonyl (C=O) groups is 1. The molecule has 1 aromatic carbocycles. The third-order valence-corrected chi connectivity index (χ3v) is 8.24. The molecule has 12 heteroatoms. The number of aromatic nitrogens is 2. The molecule has 210 valence electrons. The van der Waals surface area contributed by atoms with E-state index in [-0.39, 0.29) is 43.1 Å². The molecule has 1 saturated heterocycles. The number of carbonyl (C=O) groups excluding carboxylic acids is 1. The highest BCUT2D eigenvalue weighted by Crippen LogP contribution is 2.37. The minimum atomic E-state index is -0.0115. The van der Waals surface area contributed by atoms with Crippen LogP contribution in [-0.4, -0.2) is 77.0 Å². The van der Waals surface area contributed by atoms with E-state index in [0.717, 1.165) is 60.4 Å². The predicted molar refractivity (Wildman–Crippen MR) is 166 cm³/mol. The largest absolute Gasteiger partial charge is 0.354 e. The number of anilines is 1. The zero-order valence-corrected chi connectivity index (χ0v) is 25.8. The van der Waals surface area contributed by atoms with Crippen LogP contribution in [0.2, 0.25) is 5.02 Å². The molecule has 1 aliphatic heterocycles. The van der Waals surface area contributed by atoms with E-state index in [0.29, 0.717) is 40.4 Å². The van der Waals surface area contributed by atoms with Gasteiger partial charge in [-0.3, -0.25) is 9.69 Å². The molecule has 0 spiro atoms. The molecule has 1 amide bonds. The molecule has 3 heterocycles. The molecule has 0 radical (unpaired) electrons. The topological polar surface area (TPSA) is 73.4 Å². The maximum Gasteiger partial charge on any atom is 0.252 e. The van der Waals surface area contributed by atoms with Gasteiger partial charge in [-0.15, -0.1) is 48.6 Å². The van der Waals surface area contributed by atoms with Crippen molar-refractivity contribution in [2.75, 3.05) is 38.5 Å². The maximum atomic E-state index is 12.7. The molecule has 2 N–H and O–H groups in total. The van der Waals surface area contributed by atoms with E-state index in [9.17, 15) is 4.79 Å². The molecule has 5 rings (SSSR count). The molecular formula is C26H36Cl4N6OS. The molecule has 2 aromatic heterocycles. The number of hydrogen-bond donors (Lipinski definition) is 2. The molecule has 1 saturated carbocycles. The summed E-state index contributed by atoms with van der Waals surface area (Å²) in [5.74, 6) is 0.565. The quantitative estimate of drug-likeness (QED) is 0.301. The van der Waals surface area contributed by atoms with Crippen LogP contribution in [0.4, 0.5) is 5.95 Å². The third-order valence-electron chi connectivity index (χ3n) is 6.86. The van der Waals surface area contributed by atoms with Gasteiger partial charge in [-0.25, -0.2) is 9.97 Å². The minimum absolute atomic E-state index is 0. The van der Waals surface area contributed by atoms with Crippen molar-refractivity contribution in [1.29, 1.82) is 0 Å². The van der Waals surface area contributed by atoms with Gasteiger partial charge in [0.15, 0.2) is 0 Å². The first-order valence-electron chi connectivity index (χ1n) is 12.4. The summed E-state index contributed by atoms with van der Waals surface area (Å²) < 4.78 is 1.04. The van der Waals surface area contributed by atoms with Crippen LogP contribution in [0.5, 0.6) is 0 Å². The Kier molecular flexibility index (Phi) is 12.4. The van der Waals surface area contributed by atoms with Gasteiger partial charge in [-0.1, -0.05) is 17.7 Å². The van der Waals surface area contributed by atoms with Gasteiger partial charge in [-0.05, 0) is 58.4 Å². The number of amides is 1. The Morgan fingerprint density at radius 1 is 1.16 bits per heavy atom. The molecule has 1 aliphatic carbocycles. The average Bonchev–Trinajstić information content (AvgIpc) is 3.52. The molecular weight excluding hydrogens is 586 g/mol. The van der Waals surface area contributed by atoms with E-state index < -0.39 is 0 Å². The highest BCUT2D eigenvalue weighted by Gasteiger charge is 2.27. The molecule has 38 heavy (non-hydrogen) atoms. The number of fused-ring (bicyclic) bond motifs is 1.